The van der Waals surface area contributed by atoms with Crippen molar-refractivity contribution >= 4 is 19.8 Å². The number of esters is 2. The van der Waals surface area contributed by atoms with Gasteiger partial charge in [0.1, 0.15) is 12.6 Å². The molecule has 0 bridgehead atoms. The van der Waals surface area contributed by atoms with Crippen molar-refractivity contribution < 1.29 is 42.7 Å². The molecule has 0 amide bonds. The van der Waals surface area contributed by atoms with Crippen molar-refractivity contribution in [3.05, 3.63) is 59.4 Å². The minimum Gasteiger partial charge on any atom is -0.471 e. The van der Waals surface area contributed by atoms with Crippen LogP contribution in [-0.2, 0) is 39.3 Å². The number of ether oxygens (including phenoxy) is 3. The molecule has 1 aromatic rings. The molecule has 0 fully saturated rings. The number of nitrogens with two attached hydrogens (primary N) is 1. The van der Waals surface area contributed by atoms with Crippen molar-refractivity contribution in [3.8, 4) is 0 Å². The Kier molecular flexibility index (Phi) is 9.42. The van der Waals surface area contributed by atoms with Gasteiger partial charge in [-0.05, 0) is 30.4 Å². The number of phosphoric acid groups is 1. The van der Waals surface area contributed by atoms with Crippen molar-refractivity contribution in [2.45, 2.75) is 38.0 Å². The van der Waals surface area contributed by atoms with Gasteiger partial charge < -0.3 is 29.7 Å². The summed E-state index contributed by atoms with van der Waals surface area (Å²) < 4.78 is 31.1. The molecule has 0 aliphatic carbocycles. The lowest BCUT2D eigenvalue weighted by Gasteiger charge is -2.19. The highest BCUT2D eigenvalue weighted by Gasteiger charge is 2.26. The van der Waals surface area contributed by atoms with Crippen molar-refractivity contribution in [3.63, 3.8) is 0 Å². The Labute approximate surface area is 179 Å². The van der Waals surface area contributed by atoms with Gasteiger partial charge in [0.15, 0.2) is 0 Å². The van der Waals surface area contributed by atoms with Crippen LogP contribution in [0, 0.1) is 0 Å². The summed E-state index contributed by atoms with van der Waals surface area (Å²) >= 11 is 0. The molecule has 1 aliphatic heterocycles. The third-order valence-corrected chi connectivity index (χ3v) is 4.85. The predicted molar refractivity (Wildman–Crippen MR) is 109 cm³/mol. The van der Waals surface area contributed by atoms with E-state index in [1.807, 2.05) is 30.3 Å². The van der Waals surface area contributed by atoms with Crippen molar-refractivity contribution in [1.82, 2.24) is 0 Å². The van der Waals surface area contributed by atoms with Crippen LogP contribution in [0.1, 0.15) is 24.8 Å². The van der Waals surface area contributed by atoms with E-state index in [-0.39, 0.29) is 25.0 Å². The number of methoxy groups -OCH3 is 1. The van der Waals surface area contributed by atoms with Crippen LogP contribution in [0.25, 0.3) is 0 Å². The summed E-state index contributed by atoms with van der Waals surface area (Å²) in [6.45, 7) is -0.167. The van der Waals surface area contributed by atoms with E-state index < -0.39 is 32.1 Å². The topological polar surface area (TPSA) is 155 Å². The molecule has 2 rings (SSSR count). The molecular formula is C20H26NO9P. The van der Waals surface area contributed by atoms with Gasteiger partial charge in [-0.15, -0.1) is 0 Å². The van der Waals surface area contributed by atoms with E-state index in [4.69, 9.17) is 25.0 Å². The molecule has 1 aromatic carbocycles. The van der Waals surface area contributed by atoms with Gasteiger partial charge in [-0.3, -0.25) is 4.79 Å². The molecule has 31 heavy (non-hydrogen) atoms. The smallest absolute Gasteiger partial charge is 0.471 e. The van der Waals surface area contributed by atoms with Gasteiger partial charge in [0.25, 0.3) is 0 Å². The molecular weight excluding hydrogens is 429 g/mol. The second-order valence-corrected chi connectivity index (χ2v) is 8.00. The van der Waals surface area contributed by atoms with Crippen LogP contribution in [0.15, 0.2) is 53.8 Å². The highest BCUT2D eigenvalue weighted by Crippen LogP contribution is 2.39. The van der Waals surface area contributed by atoms with Crippen LogP contribution in [-0.4, -0.2) is 47.8 Å². The second kappa shape index (κ2) is 11.8. The Morgan fingerprint density at radius 1 is 1.29 bits per heavy atom. The molecule has 0 unspecified atom stereocenters. The average Bonchev–Trinajstić information content (AvgIpc) is 2.81. The van der Waals surface area contributed by atoms with Crippen LogP contribution in [0.2, 0.25) is 0 Å². The highest BCUT2D eigenvalue weighted by molar-refractivity contribution is 7.46. The van der Waals surface area contributed by atoms with Gasteiger partial charge in [-0.1, -0.05) is 36.4 Å². The van der Waals surface area contributed by atoms with E-state index in [1.165, 1.54) is 7.11 Å². The summed E-state index contributed by atoms with van der Waals surface area (Å²) in [5.74, 6) is -1.25. The molecule has 1 heterocycles. The van der Waals surface area contributed by atoms with Gasteiger partial charge in [0.05, 0.1) is 18.9 Å². The quantitative estimate of drug-likeness (QED) is 0.300. The number of carbonyl (C=O) groups is 2. The Balaban J connectivity index is 2.03. The number of hydrogen-bond donors (Lipinski definition) is 3. The lowest BCUT2D eigenvalue weighted by Crippen LogP contribution is -2.34. The molecule has 11 heteroatoms. The van der Waals surface area contributed by atoms with Crippen LogP contribution in [0.4, 0.5) is 0 Å². The third kappa shape index (κ3) is 9.04. The van der Waals surface area contributed by atoms with E-state index in [2.05, 4.69) is 9.26 Å². The van der Waals surface area contributed by atoms with Crippen LogP contribution in [0.3, 0.4) is 0 Å². The zero-order chi connectivity index (χ0) is 22.9. The van der Waals surface area contributed by atoms with Crippen LogP contribution in [0.5, 0.6) is 0 Å². The fraction of sp³-hybridized carbons (Fsp3) is 0.400. The van der Waals surface area contributed by atoms with Crippen molar-refractivity contribution in [1.29, 1.82) is 0 Å². The minimum absolute atomic E-state index is 0.0999. The highest BCUT2D eigenvalue weighted by atomic mass is 31.2. The van der Waals surface area contributed by atoms with Gasteiger partial charge >= 0.3 is 19.8 Å². The van der Waals surface area contributed by atoms with Gasteiger partial charge in [0, 0.05) is 6.42 Å². The number of rotatable bonds is 8. The van der Waals surface area contributed by atoms with E-state index in [9.17, 15) is 14.2 Å². The average molecular weight is 455 g/mol. The molecule has 1 aliphatic rings. The maximum atomic E-state index is 12.3. The molecule has 170 valence electrons. The normalized spacial score (nSPS) is 21.6. The molecule has 10 nitrogen and oxygen atoms in total. The van der Waals surface area contributed by atoms with Crippen molar-refractivity contribution in [2.24, 2.45) is 5.73 Å². The molecule has 0 saturated heterocycles. The first-order chi connectivity index (χ1) is 14.7. The molecule has 4 N–H and O–H groups in total. The standard InChI is InChI=1S/C20H26NO9P/c1-27-19(22)16-9-5-8-15(11-18(28-13-16)30-31(24,25)26)12-29-20(23)17(21)10-14-6-3-2-4-7-14/h2-4,6-8,13,17-18H,5,9-12,21H2,1H3,(H2,24,25,26)/b15-8+,16-13+/t17-,18-/m0/s1. The van der Waals surface area contributed by atoms with Crippen LogP contribution >= 0.6 is 7.82 Å². The Morgan fingerprint density at radius 3 is 2.65 bits per heavy atom. The van der Waals surface area contributed by atoms with Gasteiger partial charge in [0.2, 0.25) is 6.29 Å². The fourth-order valence-electron chi connectivity index (χ4n) is 2.83. The molecule has 0 spiro atoms. The van der Waals surface area contributed by atoms with Crippen molar-refractivity contribution in [2.75, 3.05) is 13.7 Å². The first kappa shape index (κ1) is 24.8. The largest absolute Gasteiger partial charge is 0.472 e. The number of carbonyl (C=O) groups excluding carboxylic acids is 2. The van der Waals surface area contributed by atoms with E-state index in [0.29, 0.717) is 18.4 Å². The Bertz CT molecular complexity index is 863. The monoisotopic (exact) mass is 455 g/mol. The molecule has 0 aromatic heterocycles. The van der Waals surface area contributed by atoms with E-state index >= 15 is 0 Å². The summed E-state index contributed by atoms with van der Waals surface area (Å²) in [5.41, 5.74) is 7.47. The number of phosphoric ester groups is 1. The lowest BCUT2D eigenvalue weighted by molar-refractivity contribution is -0.144. The zero-order valence-corrected chi connectivity index (χ0v) is 17.9. The SMILES string of the molecule is COC(=O)/C1=C/O[C@@H](OP(=O)(O)O)C/C(COC(=O)[C@@H](N)Cc2ccccc2)=C\CC1. The summed E-state index contributed by atoms with van der Waals surface area (Å²) in [6, 6.07) is 8.37. The van der Waals surface area contributed by atoms with Crippen LogP contribution < -0.4 is 5.73 Å². The molecule has 2 atom stereocenters. The zero-order valence-electron chi connectivity index (χ0n) is 17.0. The van der Waals surface area contributed by atoms with Gasteiger partial charge in [-0.2, -0.15) is 0 Å². The van der Waals surface area contributed by atoms with E-state index in [0.717, 1.165) is 11.8 Å². The summed E-state index contributed by atoms with van der Waals surface area (Å²) in [6.07, 6.45) is 2.19. The summed E-state index contributed by atoms with van der Waals surface area (Å²) in [5, 5.41) is 0. The fourth-order valence-corrected chi connectivity index (χ4v) is 3.26. The summed E-state index contributed by atoms with van der Waals surface area (Å²) in [7, 11) is -3.67. The maximum Gasteiger partial charge on any atom is 0.472 e. The number of benzene rings is 1. The Morgan fingerprint density at radius 2 is 2.00 bits per heavy atom. The summed E-state index contributed by atoms with van der Waals surface area (Å²) in [4.78, 5) is 42.3. The number of hydrogen-bond acceptors (Lipinski definition) is 8. The van der Waals surface area contributed by atoms with Gasteiger partial charge in [-0.25, -0.2) is 13.9 Å². The molecule has 0 saturated carbocycles. The lowest BCUT2D eigenvalue weighted by atomic mass is 10.1. The number of allylic oxidation sites excluding steroid dienone is 1. The Hall–Kier alpha value is -2.49. The first-order valence-electron chi connectivity index (χ1n) is 9.48. The minimum atomic E-state index is -4.88. The third-order valence-electron chi connectivity index (χ3n) is 4.34. The maximum absolute atomic E-state index is 12.3. The second-order valence-electron chi connectivity index (χ2n) is 6.81. The van der Waals surface area contributed by atoms with E-state index in [1.54, 1.807) is 6.08 Å². The first-order valence-corrected chi connectivity index (χ1v) is 11.0. The molecule has 0 radical (unpaired) electrons. The predicted octanol–water partition coefficient (Wildman–Crippen LogP) is 1.72.